The van der Waals surface area contributed by atoms with Crippen molar-refractivity contribution in [1.82, 2.24) is 5.32 Å². The van der Waals surface area contributed by atoms with Crippen LogP contribution in [0, 0.1) is 6.92 Å². The summed E-state index contributed by atoms with van der Waals surface area (Å²) in [6.07, 6.45) is 0. The van der Waals surface area contributed by atoms with Crippen LogP contribution in [0.2, 0.25) is 0 Å². The molecule has 5 heteroatoms. The molecular formula is C18H20N2O3. The molecule has 23 heavy (non-hydrogen) atoms. The number of carbonyl (C=O) groups is 1. The fourth-order valence-corrected chi connectivity index (χ4v) is 2.17. The van der Waals surface area contributed by atoms with Crippen LogP contribution < -0.4 is 10.1 Å². The van der Waals surface area contributed by atoms with Gasteiger partial charge in [0.25, 0.3) is 5.91 Å². The lowest BCUT2D eigenvalue weighted by Gasteiger charge is -2.12. The smallest absolute Gasteiger partial charge is 0.273 e. The number of nitrogens with one attached hydrogen (secondary N) is 1. The Morgan fingerprint density at radius 1 is 1.17 bits per heavy atom. The van der Waals surface area contributed by atoms with Crippen LogP contribution in [0.3, 0.4) is 0 Å². The first-order valence-corrected chi connectivity index (χ1v) is 7.26. The van der Waals surface area contributed by atoms with Crippen LogP contribution in [0.25, 0.3) is 0 Å². The minimum atomic E-state index is -0.310. The van der Waals surface area contributed by atoms with Crippen LogP contribution in [-0.2, 0) is 16.2 Å². The molecule has 0 heterocycles. The maximum Gasteiger partial charge on any atom is 0.273 e. The summed E-state index contributed by atoms with van der Waals surface area (Å²) in [4.78, 5) is 16.8. The van der Waals surface area contributed by atoms with Gasteiger partial charge < -0.3 is 14.9 Å². The number of likely N-dealkylation sites (N-methyl/N-ethyl adjacent to an activating group) is 1. The summed E-state index contributed by atoms with van der Waals surface area (Å²) in [5, 5.41) is 6.41. The zero-order valence-corrected chi connectivity index (χ0v) is 13.5. The number of hydrogen-bond acceptors (Lipinski definition) is 4. The molecule has 0 aliphatic heterocycles. The maximum atomic E-state index is 12.0. The number of amides is 1. The van der Waals surface area contributed by atoms with Gasteiger partial charge in [0.2, 0.25) is 0 Å². The average molecular weight is 312 g/mol. The lowest BCUT2D eigenvalue weighted by atomic mass is 10.0. The van der Waals surface area contributed by atoms with Crippen molar-refractivity contribution in [1.29, 1.82) is 0 Å². The van der Waals surface area contributed by atoms with Gasteiger partial charge >= 0.3 is 0 Å². The third-order valence-electron chi connectivity index (χ3n) is 3.28. The topological polar surface area (TPSA) is 59.9 Å². The predicted molar refractivity (Wildman–Crippen MR) is 89.6 cm³/mol. The first kappa shape index (κ1) is 16.5. The van der Waals surface area contributed by atoms with E-state index >= 15 is 0 Å². The van der Waals surface area contributed by atoms with Crippen molar-refractivity contribution in [3.05, 3.63) is 65.2 Å². The average Bonchev–Trinajstić information content (AvgIpc) is 2.58. The molecule has 0 saturated carbocycles. The quantitative estimate of drug-likeness (QED) is 0.659. The number of nitrogens with zero attached hydrogens (tertiary/aromatic N) is 1. The second kappa shape index (κ2) is 7.98. The number of hydrogen-bond donors (Lipinski definition) is 1. The van der Waals surface area contributed by atoms with Gasteiger partial charge in [-0.15, -0.1) is 0 Å². The zero-order valence-electron chi connectivity index (χ0n) is 13.5. The summed E-state index contributed by atoms with van der Waals surface area (Å²) in [6, 6.07) is 15.3. The lowest BCUT2D eigenvalue weighted by Crippen LogP contribution is -2.29. The largest absolute Gasteiger partial charge is 0.489 e. The highest BCUT2D eigenvalue weighted by Gasteiger charge is 2.17. The molecule has 0 aromatic heterocycles. The van der Waals surface area contributed by atoms with Crippen LogP contribution in [0.4, 0.5) is 0 Å². The van der Waals surface area contributed by atoms with Crippen molar-refractivity contribution in [2.45, 2.75) is 13.5 Å². The summed E-state index contributed by atoms with van der Waals surface area (Å²) in [5.41, 5.74) is 2.89. The Bertz CT molecular complexity index is 711. The number of carbonyl (C=O) groups excluding carboxylic acids is 1. The minimum Gasteiger partial charge on any atom is -0.489 e. The fourth-order valence-electron chi connectivity index (χ4n) is 2.17. The molecule has 120 valence electrons. The van der Waals surface area contributed by atoms with E-state index in [0.717, 1.165) is 16.9 Å². The number of benzene rings is 2. The second-order valence-corrected chi connectivity index (χ2v) is 4.96. The van der Waals surface area contributed by atoms with Crippen molar-refractivity contribution >= 4 is 11.6 Å². The van der Waals surface area contributed by atoms with Gasteiger partial charge in [-0.1, -0.05) is 41.6 Å². The number of aryl methyl sites for hydroxylation is 1. The first-order chi connectivity index (χ1) is 11.2. The standard InChI is InChI=1S/C18H20N2O3/c1-13-7-6-9-15(11-13)23-12-14-8-4-5-10-16(14)17(20-22-3)18(21)19-2/h4-11H,12H2,1-3H3,(H,19,21)/b20-17-. The van der Waals surface area contributed by atoms with E-state index in [4.69, 9.17) is 9.57 Å². The molecule has 0 bridgehead atoms. The van der Waals surface area contributed by atoms with Crippen LogP contribution in [0.15, 0.2) is 53.7 Å². The summed E-state index contributed by atoms with van der Waals surface area (Å²) in [6.45, 7) is 2.34. The monoisotopic (exact) mass is 312 g/mol. The Labute approximate surface area is 135 Å². The molecule has 0 atom stereocenters. The minimum absolute atomic E-state index is 0.221. The summed E-state index contributed by atoms with van der Waals surface area (Å²) in [7, 11) is 2.97. The van der Waals surface area contributed by atoms with Gasteiger partial charge in [0, 0.05) is 12.6 Å². The Hall–Kier alpha value is -2.82. The Morgan fingerprint density at radius 2 is 1.96 bits per heavy atom. The van der Waals surface area contributed by atoms with E-state index in [1.165, 1.54) is 7.11 Å². The van der Waals surface area contributed by atoms with E-state index in [1.54, 1.807) is 7.05 Å². The number of rotatable bonds is 6. The van der Waals surface area contributed by atoms with Gasteiger partial charge in [0.05, 0.1) is 0 Å². The van der Waals surface area contributed by atoms with E-state index in [-0.39, 0.29) is 11.6 Å². The molecule has 2 aromatic carbocycles. The molecule has 2 aromatic rings. The van der Waals surface area contributed by atoms with Gasteiger partial charge in [0.1, 0.15) is 19.5 Å². The van der Waals surface area contributed by atoms with E-state index < -0.39 is 0 Å². The van der Waals surface area contributed by atoms with Crippen LogP contribution in [0.1, 0.15) is 16.7 Å². The van der Waals surface area contributed by atoms with Gasteiger partial charge in [0.15, 0.2) is 5.71 Å². The van der Waals surface area contributed by atoms with Crippen LogP contribution >= 0.6 is 0 Å². The molecule has 0 aliphatic carbocycles. The zero-order chi connectivity index (χ0) is 16.7. The molecule has 0 unspecified atom stereocenters. The molecule has 0 saturated heterocycles. The number of ether oxygens (including phenoxy) is 1. The van der Waals surface area contributed by atoms with Crippen molar-refractivity contribution in [2.24, 2.45) is 5.16 Å². The Kier molecular flexibility index (Phi) is 5.74. The van der Waals surface area contributed by atoms with E-state index in [0.29, 0.717) is 12.2 Å². The van der Waals surface area contributed by atoms with Gasteiger partial charge in [-0.25, -0.2) is 0 Å². The first-order valence-electron chi connectivity index (χ1n) is 7.26. The molecule has 0 radical (unpaired) electrons. The predicted octanol–water partition coefficient (Wildman–Crippen LogP) is 2.67. The Morgan fingerprint density at radius 3 is 2.65 bits per heavy atom. The number of oxime groups is 1. The molecule has 0 fully saturated rings. The van der Waals surface area contributed by atoms with Crippen molar-refractivity contribution < 1.29 is 14.4 Å². The van der Waals surface area contributed by atoms with Crippen molar-refractivity contribution in [2.75, 3.05) is 14.2 Å². The molecule has 0 spiro atoms. The highest BCUT2D eigenvalue weighted by molar-refractivity contribution is 6.45. The fraction of sp³-hybridized carbons (Fsp3) is 0.222. The third kappa shape index (κ3) is 4.32. The maximum absolute atomic E-state index is 12.0. The van der Waals surface area contributed by atoms with Gasteiger partial charge in [-0.05, 0) is 30.2 Å². The van der Waals surface area contributed by atoms with Crippen LogP contribution in [-0.4, -0.2) is 25.8 Å². The Balaban J connectivity index is 2.26. The molecule has 5 nitrogen and oxygen atoms in total. The van der Waals surface area contributed by atoms with Gasteiger partial charge in [-0.3, -0.25) is 4.79 Å². The van der Waals surface area contributed by atoms with E-state index in [2.05, 4.69) is 10.5 Å². The summed E-state index contributed by atoms with van der Waals surface area (Å²) >= 11 is 0. The summed E-state index contributed by atoms with van der Waals surface area (Å²) in [5.74, 6) is 0.472. The lowest BCUT2D eigenvalue weighted by molar-refractivity contribution is -0.114. The highest BCUT2D eigenvalue weighted by atomic mass is 16.6. The molecule has 1 amide bonds. The normalized spacial score (nSPS) is 11.0. The van der Waals surface area contributed by atoms with Crippen LogP contribution in [0.5, 0.6) is 5.75 Å². The molecule has 2 rings (SSSR count). The van der Waals surface area contributed by atoms with Crippen molar-refractivity contribution in [3.8, 4) is 5.75 Å². The summed E-state index contributed by atoms with van der Waals surface area (Å²) < 4.78 is 5.83. The molecule has 0 aliphatic rings. The van der Waals surface area contributed by atoms with E-state index in [1.807, 2.05) is 55.5 Å². The molecular weight excluding hydrogens is 292 g/mol. The SMILES string of the molecule is CNC(=O)/C(=N\OC)c1ccccc1COc1cccc(C)c1. The van der Waals surface area contributed by atoms with E-state index in [9.17, 15) is 4.79 Å². The molecule has 1 N–H and O–H groups in total. The van der Waals surface area contributed by atoms with Gasteiger partial charge in [-0.2, -0.15) is 0 Å². The third-order valence-corrected chi connectivity index (χ3v) is 3.28. The van der Waals surface area contributed by atoms with Crippen molar-refractivity contribution in [3.63, 3.8) is 0 Å². The second-order valence-electron chi connectivity index (χ2n) is 4.96. The highest BCUT2D eigenvalue weighted by Crippen LogP contribution is 2.17.